The number of hydrogen-bond acceptors (Lipinski definition) is 4. The van der Waals surface area contributed by atoms with Gasteiger partial charge in [0.25, 0.3) is 0 Å². The van der Waals surface area contributed by atoms with E-state index in [9.17, 15) is 0 Å². The standard InChI is InChI=1S/2C12H20O.2C12H20S.2CH4/c1-11(2,3)9-7-10(13-8-9)12(4,5)6;1-11(2,3)9-7-8-10(13-9)12(4,5)6;1-11(2,3)9-7-10(13-8-9)12(4,5)6;1-11(2,3)9-7-8-10(13-9)12(4,5)6;;/h4*7-8H,1-6H3;2*1H4. The topological polar surface area (TPSA) is 26.3 Å². The monoisotopic (exact) mass is 785 g/mol. The van der Waals surface area contributed by atoms with Crippen LogP contribution < -0.4 is 0 Å². The zero-order valence-corrected chi connectivity index (χ0v) is 39.9. The van der Waals surface area contributed by atoms with Crippen LogP contribution in [0.3, 0.4) is 0 Å². The van der Waals surface area contributed by atoms with Crippen molar-refractivity contribution in [2.75, 3.05) is 0 Å². The van der Waals surface area contributed by atoms with Gasteiger partial charge >= 0.3 is 0 Å². The maximum absolute atomic E-state index is 5.81. The minimum absolute atomic E-state index is 0. The third-order valence-electron chi connectivity index (χ3n) is 8.58. The third-order valence-corrected chi connectivity index (χ3v) is 11.9. The van der Waals surface area contributed by atoms with Crippen molar-refractivity contribution in [3.63, 3.8) is 0 Å². The van der Waals surface area contributed by atoms with Gasteiger partial charge in [0.15, 0.2) is 0 Å². The Hall–Kier alpha value is -2.04. The summed E-state index contributed by atoms with van der Waals surface area (Å²) in [5.41, 5.74) is 4.46. The minimum atomic E-state index is 0. The molecule has 0 radical (unpaired) electrons. The molecule has 0 saturated carbocycles. The molecular formula is C50H88O2S2. The van der Waals surface area contributed by atoms with Gasteiger partial charge in [0.1, 0.15) is 17.3 Å². The Morgan fingerprint density at radius 3 is 0.907 bits per heavy atom. The van der Waals surface area contributed by atoms with Crippen LogP contribution in [0.1, 0.15) is 224 Å². The first-order valence-corrected chi connectivity index (χ1v) is 20.9. The van der Waals surface area contributed by atoms with E-state index in [2.05, 4.69) is 208 Å². The Balaban J connectivity index is 0. The maximum atomic E-state index is 5.81. The summed E-state index contributed by atoms with van der Waals surface area (Å²) in [7, 11) is 0. The van der Waals surface area contributed by atoms with Crippen molar-refractivity contribution in [2.24, 2.45) is 0 Å². The second-order valence-corrected chi connectivity index (χ2v) is 24.7. The molecule has 0 bridgehead atoms. The molecule has 0 aliphatic heterocycles. The smallest absolute Gasteiger partial charge is 0.109 e. The molecule has 0 aliphatic rings. The summed E-state index contributed by atoms with van der Waals surface area (Å²) >= 11 is 3.83. The normalized spacial score (nSPS) is 12.9. The predicted molar refractivity (Wildman–Crippen MR) is 249 cm³/mol. The summed E-state index contributed by atoms with van der Waals surface area (Å²) in [6, 6.07) is 13.2. The number of thiophene rings is 2. The van der Waals surface area contributed by atoms with E-state index in [0.29, 0.717) is 21.7 Å². The van der Waals surface area contributed by atoms with E-state index in [1.807, 2.05) is 28.9 Å². The summed E-state index contributed by atoms with van der Waals surface area (Å²) < 4.78 is 11.4. The Labute approximate surface area is 345 Å². The van der Waals surface area contributed by atoms with Crippen LogP contribution in [0, 0.1) is 0 Å². The SMILES string of the molecule is C.C.CC(C)(C)c1ccc(C(C)(C)C)o1.CC(C)(C)c1ccc(C(C)(C)C)s1.CC(C)(C)c1coc(C(C)(C)C)c1.CC(C)(C)c1csc(C(C)(C)C)c1. The molecule has 0 atom stereocenters. The van der Waals surface area contributed by atoms with Gasteiger partial charge in [0.2, 0.25) is 0 Å². The first-order valence-electron chi connectivity index (χ1n) is 19.2. The van der Waals surface area contributed by atoms with Crippen molar-refractivity contribution >= 4 is 22.7 Å². The predicted octanol–water partition coefficient (Wildman–Crippen LogP) is 17.7. The fourth-order valence-electron chi connectivity index (χ4n) is 4.53. The lowest BCUT2D eigenvalue weighted by molar-refractivity contribution is 0.344. The van der Waals surface area contributed by atoms with Crippen LogP contribution in [0.4, 0.5) is 0 Å². The van der Waals surface area contributed by atoms with Crippen LogP contribution in [0.5, 0.6) is 0 Å². The molecule has 2 nitrogen and oxygen atoms in total. The highest BCUT2D eigenvalue weighted by Gasteiger charge is 2.25. The van der Waals surface area contributed by atoms with Gasteiger partial charge in [0, 0.05) is 30.9 Å². The van der Waals surface area contributed by atoms with E-state index in [0.717, 1.165) is 17.3 Å². The molecule has 0 unspecified atom stereocenters. The molecule has 0 N–H and O–H groups in total. The van der Waals surface area contributed by atoms with Gasteiger partial charge in [-0.05, 0) is 80.0 Å². The second kappa shape index (κ2) is 18.9. The molecule has 4 rings (SSSR count). The third kappa shape index (κ3) is 17.8. The van der Waals surface area contributed by atoms with Crippen LogP contribution in [-0.2, 0) is 43.3 Å². The lowest BCUT2D eigenvalue weighted by atomic mass is 9.86. The zero-order chi connectivity index (χ0) is 41.1. The number of rotatable bonds is 0. The fraction of sp³-hybridized carbons (Fsp3) is 0.680. The molecular weight excluding hydrogens is 697 g/mol. The van der Waals surface area contributed by atoms with Crippen molar-refractivity contribution in [3.05, 3.63) is 91.1 Å². The summed E-state index contributed by atoms with van der Waals surface area (Å²) in [5, 5.41) is 2.29. The summed E-state index contributed by atoms with van der Waals surface area (Å²) in [5.74, 6) is 3.20. The van der Waals surface area contributed by atoms with Crippen molar-refractivity contribution in [1.82, 2.24) is 0 Å². The summed E-state index contributed by atoms with van der Waals surface area (Å²) in [6.07, 6.45) is 1.88. The van der Waals surface area contributed by atoms with Crippen molar-refractivity contribution in [2.45, 2.75) is 224 Å². The lowest BCUT2D eigenvalue weighted by Gasteiger charge is -2.18. The first kappa shape index (κ1) is 54.1. The van der Waals surface area contributed by atoms with E-state index in [-0.39, 0.29) is 36.5 Å². The minimum Gasteiger partial charge on any atom is -0.468 e. The van der Waals surface area contributed by atoms with Crippen molar-refractivity contribution < 1.29 is 8.83 Å². The first-order chi connectivity index (χ1) is 22.8. The average molecular weight is 785 g/mol. The molecule has 4 heteroatoms. The van der Waals surface area contributed by atoms with Crippen LogP contribution in [0.25, 0.3) is 0 Å². The van der Waals surface area contributed by atoms with Gasteiger partial charge in [-0.15, -0.1) is 22.7 Å². The van der Waals surface area contributed by atoms with Crippen LogP contribution in [-0.4, -0.2) is 0 Å². The van der Waals surface area contributed by atoms with Gasteiger partial charge < -0.3 is 8.83 Å². The van der Waals surface area contributed by atoms with E-state index >= 15 is 0 Å². The summed E-state index contributed by atoms with van der Waals surface area (Å²) in [6.45, 7) is 53.3. The van der Waals surface area contributed by atoms with E-state index in [4.69, 9.17) is 8.83 Å². The highest BCUT2D eigenvalue weighted by atomic mass is 32.1. The Bertz CT molecular complexity index is 1260. The van der Waals surface area contributed by atoms with Gasteiger partial charge in [-0.2, -0.15) is 0 Å². The Kier molecular flexibility index (Phi) is 19.0. The molecule has 4 aromatic heterocycles. The molecule has 54 heavy (non-hydrogen) atoms. The molecule has 0 amide bonds. The highest BCUT2D eigenvalue weighted by molar-refractivity contribution is 7.12. The number of furan rings is 2. The van der Waals surface area contributed by atoms with E-state index in [1.54, 1.807) is 0 Å². The van der Waals surface area contributed by atoms with Crippen LogP contribution >= 0.6 is 22.7 Å². The molecule has 4 aromatic rings. The molecule has 0 aliphatic carbocycles. The fourth-order valence-corrected chi connectivity index (χ4v) is 6.88. The van der Waals surface area contributed by atoms with Crippen molar-refractivity contribution in [3.8, 4) is 0 Å². The molecule has 0 saturated heterocycles. The Morgan fingerprint density at radius 2 is 0.722 bits per heavy atom. The second-order valence-electron chi connectivity index (χ2n) is 22.7. The van der Waals surface area contributed by atoms with Gasteiger partial charge in [-0.3, -0.25) is 0 Å². The largest absolute Gasteiger partial charge is 0.468 e. The quantitative estimate of drug-likeness (QED) is 0.177. The molecule has 312 valence electrons. The average Bonchev–Trinajstić information content (AvgIpc) is 3.72. The summed E-state index contributed by atoms with van der Waals surface area (Å²) in [4.78, 5) is 4.45. The molecule has 0 fully saturated rings. The van der Waals surface area contributed by atoms with Crippen LogP contribution in [0.2, 0.25) is 0 Å². The van der Waals surface area contributed by atoms with Crippen molar-refractivity contribution in [1.29, 1.82) is 0 Å². The van der Waals surface area contributed by atoms with E-state index < -0.39 is 0 Å². The molecule has 4 heterocycles. The Morgan fingerprint density at radius 1 is 0.370 bits per heavy atom. The maximum Gasteiger partial charge on any atom is 0.109 e. The van der Waals surface area contributed by atoms with Gasteiger partial charge in [0.05, 0.1) is 6.26 Å². The van der Waals surface area contributed by atoms with Gasteiger partial charge in [-0.25, -0.2) is 0 Å². The van der Waals surface area contributed by atoms with Gasteiger partial charge in [-0.1, -0.05) is 181 Å². The number of hydrogen-bond donors (Lipinski definition) is 0. The van der Waals surface area contributed by atoms with Crippen LogP contribution in [0.15, 0.2) is 56.9 Å². The lowest BCUT2D eigenvalue weighted by Crippen LogP contribution is -2.11. The molecule has 0 spiro atoms. The zero-order valence-electron chi connectivity index (χ0n) is 38.3. The highest BCUT2D eigenvalue weighted by Crippen LogP contribution is 2.36. The van der Waals surface area contributed by atoms with E-state index in [1.165, 1.54) is 25.8 Å². The molecule has 0 aromatic carbocycles.